The molecule has 0 atom stereocenters. The zero-order valence-corrected chi connectivity index (χ0v) is 9.19. The van der Waals surface area contributed by atoms with E-state index in [1.54, 1.807) is 17.0 Å². The number of rotatable bonds is 1. The lowest BCUT2D eigenvalue weighted by atomic mass is 10.2. The summed E-state index contributed by atoms with van der Waals surface area (Å²) in [5.41, 5.74) is 7.52. The Balaban J connectivity index is 2.58. The van der Waals surface area contributed by atoms with Gasteiger partial charge in [0.1, 0.15) is 10.3 Å². The zero-order chi connectivity index (χ0) is 10.1. The van der Waals surface area contributed by atoms with Crippen LogP contribution in [0, 0.1) is 0 Å². The van der Waals surface area contributed by atoms with Crippen LogP contribution in [-0.2, 0) is 7.05 Å². The van der Waals surface area contributed by atoms with Gasteiger partial charge in [-0.25, -0.2) is 4.98 Å². The van der Waals surface area contributed by atoms with Gasteiger partial charge in [0.15, 0.2) is 0 Å². The molecular weight excluding hydrogens is 244 g/mol. The van der Waals surface area contributed by atoms with Crippen molar-refractivity contribution in [2.45, 2.75) is 0 Å². The van der Waals surface area contributed by atoms with Crippen molar-refractivity contribution in [3.05, 3.63) is 29.1 Å². The fourth-order valence-electron chi connectivity index (χ4n) is 1.19. The highest BCUT2D eigenvalue weighted by molar-refractivity contribution is 9.10. The molecule has 2 aromatic heterocycles. The zero-order valence-electron chi connectivity index (χ0n) is 7.61. The van der Waals surface area contributed by atoms with E-state index in [0.29, 0.717) is 5.95 Å². The number of nitrogen functional groups attached to an aromatic ring is 1. The van der Waals surface area contributed by atoms with E-state index in [9.17, 15) is 0 Å². The highest BCUT2D eigenvalue weighted by Gasteiger charge is 2.11. The van der Waals surface area contributed by atoms with Gasteiger partial charge in [-0.15, -0.1) is 0 Å². The average molecular weight is 253 g/mol. The lowest BCUT2D eigenvalue weighted by Gasteiger charge is -1.97. The number of hydrogen-bond donors (Lipinski definition) is 1. The predicted molar refractivity (Wildman–Crippen MR) is 58.6 cm³/mol. The molecule has 14 heavy (non-hydrogen) atoms. The van der Waals surface area contributed by atoms with E-state index in [2.05, 4.69) is 25.9 Å². The fourth-order valence-corrected chi connectivity index (χ4v) is 1.69. The molecule has 0 aromatic carbocycles. The Morgan fingerprint density at radius 2 is 2.00 bits per heavy atom. The summed E-state index contributed by atoms with van der Waals surface area (Å²) in [5.74, 6) is 0.490. The molecule has 0 saturated carbocycles. The normalized spacial score (nSPS) is 10.4. The molecule has 0 fully saturated rings. The lowest BCUT2D eigenvalue weighted by Crippen LogP contribution is -1.96. The van der Waals surface area contributed by atoms with Crippen molar-refractivity contribution in [3.8, 4) is 11.3 Å². The van der Waals surface area contributed by atoms with Crippen LogP contribution in [0.4, 0.5) is 5.95 Å². The molecule has 4 nitrogen and oxygen atoms in total. The second-order valence-corrected chi connectivity index (χ2v) is 3.66. The molecule has 0 aliphatic heterocycles. The molecule has 0 unspecified atom stereocenters. The molecule has 2 heterocycles. The average Bonchev–Trinajstić information content (AvgIpc) is 2.47. The first-order valence-electron chi connectivity index (χ1n) is 4.08. The SMILES string of the molecule is Cn1c(N)nc(-c2ccncc2)c1Br. The van der Waals surface area contributed by atoms with Gasteiger partial charge >= 0.3 is 0 Å². The molecule has 2 rings (SSSR count). The van der Waals surface area contributed by atoms with Crippen molar-refractivity contribution in [2.75, 3.05) is 5.73 Å². The van der Waals surface area contributed by atoms with Gasteiger partial charge in [-0.2, -0.15) is 0 Å². The van der Waals surface area contributed by atoms with Crippen molar-refractivity contribution in [3.63, 3.8) is 0 Å². The summed E-state index contributed by atoms with van der Waals surface area (Å²) >= 11 is 3.44. The van der Waals surface area contributed by atoms with Crippen molar-refractivity contribution in [1.29, 1.82) is 0 Å². The van der Waals surface area contributed by atoms with Gasteiger partial charge in [0.05, 0.1) is 0 Å². The third-order valence-corrected chi connectivity index (χ3v) is 2.92. The molecule has 0 radical (unpaired) electrons. The van der Waals surface area contributed by atoms with Gasteiger partial charge in [-0.3, -0.25) is 4.98 Å². The van der Waals surface area contributed by atoms with E-state index < -0.39 is 0 Å². The lowest BCUT2D eigenvalue weighted by molar-refractivity contribution is 0.907. The quantitative estimate of drug-likeness (QED) is 0.843. The Morgan fingerprint density at radius 1 is 1.36 bits per heavy atom. The highest BCUT2D eigenvalue weighted by Crippen LogP contribution is 2.28. The summed E-state index contributed by atoms with van der Waals surface area (Å²) in [7, 11) is 1.86. The molecule has 72 valence electrons. The summed E-state index contributed by atoms with van der Waals surface area (Å²) in [5, 5.41) is 0. The Kier molecular flexibility index (Phi) is 2.25. The van der Waals surface area contributed by atoms with Crippen LogP contribution in [0.3, 0.4) is 0 Å². The van der Waals surface area contributed by atoms with E-state index in [0.717, 1.165) is 15.9 Å². The number of nitrogens with zero attached hydrogens (tertiary/aromatic N) is 3. The Labute approximate surface area is 89.9 Å². The van der Waals surface area contributed by atoms with Gasteiger partial charge in [0.25, 0.3) is 0 Å². The molecule has 0 saturated heterocycles. The standard InChI is InChI=1S/C9H9BrN4/c1-14-8(10)7(13-9(14)11)6-2-4-12-5-3-6/h2-5H,1H3,(H2,11,13). The van der Waals surface area contributed by atoms with Crippen molar-refractivity contribution in [2.24, 2.45) is 7.05 Å². The smallest absolute Gasteiger partial charge is 0.201 e. The molecule has 2 aromatic rings. The van der Waals surface area contributed by atoms with Crippen LogP contribution >= 0.6 is 15.9 Å². The van der Waals surface area contributed by atoms with Crippen LogP contribution in [0.5, 0.6) is 0 Å². The minimum absolute atomic E-state index is 0.490. The van der Waals surface area contributed by atoms with Crippen LogP contribution in [0.2, 0.25) is 0 Å². The number of aromatic nitrogens is 3. The molecule has 5 heteroatoms. The van der Waals surface area contributed by atoms with Crippen molar-refractivity contribution in [1.82, 2.24) is 14.5 Å². The van der Waals surface area contributed by atoms with Gasteiger partial charge in [-0.05, 0) is 28.1 Å². The largest absolute Gasteiger partial charge is 0.369 e. The number of imidazole rings is 1. The van der Waals surface area contributed by atoms with Crippen LogP contribution in [0.15, 0.2) is 29.1 Å². The summed E-state index contributed by atoms with van der Waals surface area (Å²) < 4.78 is 2.66. The second kappa shape index (κ2) is 3.42. The van der Waals surface area contributed by atoms with Crippen molar-refractivity contribution < 1.29 is 0 Å². The molecule has 0 amide bonds. The van der Waals surface area contributed by atoms with Gasteiger partial charge < -0.3 is 10.3 Å². The van der Waals surface area contributed by atoms with E-state index in [1.807, 2.05) is 19.2 Å². The van der Waals surface area contributed by atoms with Crippen LogP contribution in [0.25, 0.3) is 11.3 Å². The van der Waals surface area contributed by atoms with Gasteiger partial charge in [0, 0.05) is 25.0 Å². The van der Waals surface area contributed by atoms with Crippen LogP contribution in [-0.4, -0.2) is 14.5 Å². The fraction of sp³-hybridized carbons (Fsp3) is 0.111. The number of hydrogen-bond acceptors (Lipinski definition) is 3. The molecule has 0 spiro atoms. The Morgan fingerprint density at radius 3 is 2.50 bits per heavy atom. The number of anilines is 1. The monoisotopic (exact) mass is 252 g/mol. The molecular formula is C9H9BrN4. The van der Waals surface area contributed by atoms with E-state index in [-0.39, 0.29) is 0 Å². The van der Waals surface area contributed by atoms with Gasteiger partial charge in [0.2, 0.25) is 5.95 Å². The van der Waals surface area contributed by atoms with E-state index in [4.69, 9.17) is 5.73 Å². The molecule has 0 aliphatic rings. The molecule has 0 aliphatic carbocycles. The maximum Gasteiger partial charge on any atom is 0.201 e. The second-order valence-electron chi connectivity index (χ2n) is 2.90. The third kappa shape index (κ3) is 1.39. The minimum Gasteiger partial charge on any atom is -0.369 e. The number of nitrogens with two attached hydrogens (primary N) is 1. The minimum atomic E-state index is 0.490. The van der Waals surface area contributed by atoms with Crippen molar-refractivity contribution >= 4 is 21.9 Å². The molecule has 0 bridgehead atoms. The first-order chi connectivity index (χ1) is 6.70. The summed E-state index contributed by atoms with van der Waals surface area (Å²) in [6.07, 6.45) is 3.46. The topological polar surface area (TPSA) is 56.7 Å². The summed E-state index contributed by atoms with van der Waals surface area (Å²) in [6, 6.07) is 3.79. The maximum absolute atomic E-state index is 5.69. The number of pyridine rings is 1. The first kappa shape index (κ1) is 9.21. The van der Waals surface area contributed by atoms with Gasteiger partial charge in [-0.1, -0.05) is 0 Å². The van der Waals surface area contributed by atoms with E-state index in [1.165, 1.54) is 0 Å². The Hall–Kier alpha value is -1.36. The predicted octanol–water partition coefficient (Wildman–Crippen LogP) is 1.83. The number of halogens is 1. The molecule has 2 N–H and O–H groups in total. The summed E-state index contributed by atoms with van der Waals surface area (Å²) in [6.45, 7) is 0. The first-order valence-corrected chi connectivity index (χ1v) is 4.87. The highest BCUT2D eigenvalue weighted by atomic mass is 79.9. The maximum atomic E-state index is 5.69. The van der Waals surface area contributed by atoms with Crippen LogP contribution < -0.4 is 5.73 Å². The van der Waals surface area contributed by atoms with E-state index >= 15 is 0 Å². The third-order valence-electron chi connectivity index (χ3n) is 2.01. The summed E-state index contributed by atoms with van der Waals surface area (Å²) in [4.78, 5) is 8.19. The van der Waals surface area contributed by atoms with Crippen LogP contribution in [0.1, 0.15) is 0 Å². The Bertz CT molecular complexity index is 449.